The van der Waals surface area contributed by atoms with E-state index in [0.29, 0.717) is 25.7 Å². The quantitative estimate of drug-likeness (QED) is 0.248. The summed E-state index contributed by atoms with van der Waals surface area (Å²) in [6, 6.07) is 7.75. The van der Waals surface area contributed by atoms with Crippen LogP contribution in [0.15, 0.2) is 29.2 Å². The number of amides is 1. The molecule has 0 unspecified atom stereocenters. The molecule has 1 atom stereocenters. The summed E-state index contributed by atoms with van der Waals surface area (Å²) >= 11 is 1.62. The highest BCUT2D eigenvalue weighted by molar-refractivity contribution is 7.97. The van der Waals surface area contributed by atoms with Gasteiger partial charge in [0.25, 0.3) is 0 Å². The molecular formula is C23H39N3O3S. The molecule has 6 nitrogen and oxygen atoms in total. The van der Waals surface area contributed by atoms with E-state index in [1.54, 1.807) is 11.9 Å². The smallest absolute Gasteiger partial charge is 0.226 e. The van der Waals surface area contributed by atoms with Crippen LogP contribution in [0.2, 0.25) is 0 Å². The molecule has 1 aromatic rings. The van der Waals surface area contributed by atoms with E-state index in [2.05, 4.69) is 23.5 Å². The van der Waals surface area contributed by atoms with Gasteiger partial charge in [0.1, 0.15) is 0 Å². The summed E-state index contributed by atoms with van der Waals surface area (Å²) in [5, 5.41) is 13.7. The van der Waals surface area contributed by atoms with Gasteiger partial charge in [0.2, 0.25) is 5.91 Å². The van der Waals surface area contributed by atoms with Crippen LogP contribution >= 0.6 is 11.9 Å². The zero-order valence-corrected chi connectivity index (χ0v) is 19.5. The first-order chi connectivity index (χ1) is 14.3. The van der Waals surface area contributed by atoms with Crippen molar-refractivity contribution in [1.29, 1.82) is 0 Å². The Morgan fingerprint density at radius 2 is 1.93 bits per heavy atom. The molecule has 1 aliphatic carbocycles. The molecule has 0 spiro atoms. The molecule has 0 heterocycles. The molecular weight excluding hydrogens is 398 g/mol. The number of nitrogens with one attached hydrogen (secondary N) is 1. The van der Waals surface area contributed by atoms with Gasteiger partial charge in [-0.3, -0.25) is 4.79 Å². The molecule has 2 rings (SSSR count). The first-order valence-corrected chi connectivity index (χ1v) is 11.9. The van der Waals surface area contributed by atoms with Gasteiger partial charge in [-0.2, -0.15) is 0 Å². The number of carbonyl (C=O) groups excluding carboxylic acids is 1. The summed E-state index contributed by atoms with van der Waals surface area (Å²) in [6.07, 6.45) is 4.13. The average molecular weight is 438 g/mol. The van der Waals surface area contributed by atoms with E-state index in [1.165, 1.54) is 0 Å². The molecule has 0 saturated heterocycles. The summed E-state index contributed by atoms with van der Waals surface area (Å²) in [6.45, 7) is 9.19. The lowest BCUT2D eigenvalue weighted by molar-refractivity contribution is -0.132. The number of nitrogens with zero attached hydrogens (tertiary/aromatic N) is 1. The van der Waals surface area contributed by atoms with E-state index in [9.17, 15) is 9.90 Å². The van der Waals surface area contributed by atoms with Crippen LogP contribution in [0.3, 0.4) is 0 Å². The predicted octanol–water partition coefficient (Wildman–Crippen LogP) is 3.70. The largest absolute Gasteiger partial charge is 0.399 e. The Bertz CT molecular complexity index is 633. The lowest BCUT2D eigenvalue weighted by Gasteiger charge is -2.29. The summed E-state index contributed by atoms with van der Waals surface area (Å²) < 4.78 is 7.66. The lowest BCUT2D eigenvalue weighted by Crippen LogP contribution is -2.45. The van der Waals surface area contributed by atoms with Crippen molar-refractivity contribution >= 4 is 23.5 Å². The molecule has 0 aliphatic heterocycles. The number of nitrogen functional groups attached to an aromatic ring is 1. The highest BCUT2D eigenvalue weighted by atomic mass is 32.2. The summed E-state index contributed by atoms with van der Waals surface area (Å²) in [5.74, 6) is 0.536. The Labute approximate surface area is 186 Å². The third kappa shape index (κ3) is 8.10. The summed E-state index contributed by atoms with van der Waals surface area (Å²) in [5.41, 5.74) is 6.19. The average Bonchev–Trinajstić information content (AvgIpc) is 3.18. The number of ether oxygens (including phenoxy) is 1. The second-order valence-electron chi connectivity index (χ2n) is 8.70. The SMILES string of the molecule is CCOCCC1(C(=O)NC[C@H](O)CN(CC(C)C)Sc2ccc(N)cc2)CCCC1. The van der Waals surface area contributed by atoms with Gasteiger partial charge in [-0.25, -0.2) is 4.31 Å². The highest BCUT2D eigenvalue weighted by Gasteiger charge is 2.40. The number of aliphatic hydroxyl groups is 1. The topological polar surface area (TPSA) is 87.8 Å². The van der Waals surface area contributed by atoms with Crippen molar-refractivity contribution in [1.82, 2.24) is 9.62 Å². The maximum atomic E-state index is 12.9. The third-order valence-corrected chi connectivity index (χ3v) is 6.61. The van der Waals surface area contributed by atoms with Crippen LogP contribution in [0.25, 0.3) is 0 Å². The zero-order chi connectivity index (χ0) is 22.0. The minimum atomic E-state index is -0.626. The maximum absolute atomic E-state index is 12.9. The second-order valence-corrected chi connectivity index (χ2v) is 9.87. The molecule has 170 valence electrons. The van der Waals surface area contributed by atoms with E-state index in [1.807, 2.05) is 31.2 Å². The number of benzene rings is 1. The number of hydrogen-bond acceptors (Lipinski definition) is 6. The fourth-order valence-corrected chi connectivity index (χ4v) is 5.16. The van der Waals surface area contributed by atoms with Crippen LogP contribution in [0.1, 0.15) is 52.9 Å². The van der Waals surface area contributed by atoms with Crippen molar-refractivity contribution in [3.63, 3.8) is 0 Å². The van der Waals surface area contributed by atoms with Gasteiger partial charge in [0, 0.05) is 43.4 Å². The molecule has 1 saturated carbocycles. The van der Waals surface area contributed by atoms with E-state index >= 15 is 0 Å². The predicted molar refractivity (Wildman–Crippen MR) is 124 cm³/mol. The normalized spacial score (nSPS) is 16.9. The molecule has 7 heteroatoms. The van der Waals surface area contributed by atoms with E-state index in [4.69, 9.17) is 10.5 Å². The van der Waals surface area contributed by atoms with Gasteiger partial charge in [-0.1, -0.05) is 26.7 Å². The Morgan fingerprint density at radius 1 is 1.27 bits per heavy atom. The Balaban J connectivity index is 1.88. The molecule has 0 bridgehead atoms. The van der Waals surface area contributed by atoms with Gasteiger partial charge >= 0.3 is 0 Å². The van der Waals surface area contributed by atoms with Crippen LogP contribution < -0.4 is 11.1 Å². The number of rotatable bonds is 13. The molecule has 1 aromatic carbocycles. The molecule has 4 N–H and O–H groups in total. The number of nitrogens with two attached hydrogens (primary N) is 1. The molecule has 0 aromatic heterocycles. The maximum Gasteiger partial charge on any atom is 0.226 e. The van der Waals surface area contributed by atoms with E-state index < -0.39 is 6.10 Å². The molecule has 0 radical (unpaired) electrons. The van der Waals surface area contributed by atoms with Crippen molar-refractivity contribution in [3.05, 3.63) is 24.3 Å². The van der Waals surface area contributed by atoms with Gasteiger partial charge in [-0.15, -0.1) is 0 Å². The van der Waals surface area contributed by atoms with Crippen molar-refractivity contribution < 1.29 is 14.6 Å². The van der Waals surface area contributed by atoms with E-state index in [-0.39, 0.29) is 17.9 Å². The fraction of sp³-hybridized carbons (Fsp3) is 0.696. The minimum Gasteiger partial charge on any atom is -0.399 e. The fourth-order valence-electron chi connectivity index (χ4n) is 3.99. The van der Waals surface area contributed by atoms with Crippen molar-refractivity contribution in [2.45, 2.75) is 63.9 Å². The van der Waals surface area contributed by atoms with Crippen LogP contribution in [-0.2, 0) is 9.53 Å². The molecule has 30 heavy (non-hydrogen) atoms. The monoisotopic (exact) mass is 437 g/mol. The Kier molecular flexibility index (Phi) is 10.4. The van der Waals surface area contributed by atoms with Gasteiger partial charge in [0.15, 0.2) is 0 Å². The first kappa shape index (κ1) is 25.0. The van der Waals surface area contributed by atoms with Gasteiger partial charge in [0.05, 0.1) is 11.5 Å². The van der Waals surface area contributed by atoms with Gasteiger partial charge in [-0.05, 0) is 68.3 Å². The molecule has 1 aliphatic rings. The Hall–Kier alpha value is -1.28. The minimum absolute atomic E-state index is 0.0698. The van der Waals surface area contributed by atoms with Gasteiger partial charge < -0.3 is 20.9 Å². The summed E-state index contributed by atoms with van der Waals surface area (Å²) in [4.78, 5) is 14.0. The third-order valence-electron chi connectivity index (χ3n) is 5.57. The van der Waals surface area contributed by atoms with Crippen LogP contribution in [0, 0.1) is 11.3 Å². The zero-order valence-electron chi connectivity index (χ0n) is 18.7. The van der Waals surface area contributed by atoms with Crippen LogP contribution in [0.5, 0.6) is 0 Å². The number of carbonyl (C=O) groups is 1. The molecule has 1 amide bonds. The van der Waals surface area contributed by atoms with Crippen molar-refractivity contribution in [2.24, 2.45) is 11.3 Å². The Morgan fingerprint density at radius 3 is 2.53 bits per heavy atom. The standard InChI is InChI=1S/C23H39N3O3S/c1-4-29-14-13-23(11-5-6-12-23)22(28)25-15-20(27)17-26(16-18(2)3)30-21-9-7-19(24)8-10-21/h7-10,18,20,27H,4-6,11-17,24H2,1-3H3,(H,25,28)/t20-/m0/s1. The summed E-state index contributed by atoms with van der Waals surface area (Å²) in [7, 11) is 0. The van der Waals surface area contributed by atoms with Crippen molar-refractivity contribution in [3.8, 4) is 0 Å². The number of anilines is 1. The van der Waals surface area contributed by atoms with E-state index in [0.717, 1.165) is 49.2 Å². The number of aliphatic hydroxyl groups excluding tert-OH is 1. The number of hydrogen-bond donors (Lipinski definition) is 3. The van der Waals surface area contributed by atoms with Crippen LogP contribution in [-0.4, -0.2) is 54.3 Å². The second kappa shape index (κ2) is 12.5. The molecule has 1 fully saturated rings. The highest BCUT2D eigenvalue weighted by Crippen LogP contribution is 2.41. The lowest BCUT2D eigenvalue weighted by atomic mass is 9.82. The van der Waals surface area contributed by atoms with Crippen molar-refractivity contribution in [2.75, 3.05) is 38.6 Å². The first-order valence-electron chi connectivity index (χ1n) is 11.2. The van der Waals surface area contributed by atoms with Crippen LogP contribution in [0.4, 0.5) is 5.69 Å².